The summed E-state index contributed by atoms with van der Waals surface area (Å²) in [4.78, 5) is 4.17. The Balaban J connectivity index is 1.98. The van der Waals surface area contributed by atoms with Gasteiger partial charge in [0.25, 0.3) is 0 Å². The molecule has 0 bridgehead atoms. The third kappa shape index (κ3) is 3.26. The average Bonchev–Trinajstić information content (AvgIpc) is 2.83. The van der Waals surface area contributed by atoms with E-state index >= 15 is 0 Å². The van der Waals surface area contributed by atoms with Crippen molar-refractivity contribution in [2.75, 3.05) is 7.11 Å². The van der Waals surface area contributed by atoms with Gasteiger partial charge in [0.2, 0.25) is 5.89 Å². The van der Waals surface area contributed by atoms with Crippen molar-refractivity contribution in [1.29, 1.82) is 0 Å². The van der Waals surface area contributed by atoms with Crippen LogP contribution in [0.2, 0.25) is 0 Å². The zero-order valence-corrected chi connectivity index (χ0v) is 11.3. The monoisotopic (exact) mass is 262 g/mol. The molecule has 5 heteroatoms. The maximum absolute atomic E-state index is 9.85. The fourth-order valence-electron chi connectivity index (χ4n) is 1.74. The maximum Gasteiger partial charge on any atom is 0.211 e. The van der Waals surface area contributed by atoms with Gasteiger partial charge in [-0.2, -0.15) is 0 Å². The van der Waals surface area contributed by atoms with Gasteiger partial charge in [-0.25, -0.2) is 4.98 Å². The second-order valence-corrected chi connectivity index (χ2v) is 4.41. The molecule has 102 valence electrons. The molecule has 19 heavy (non-hydrogen) atoms. The lowest BCUT2D eigenvalue weighted by Crippen LogP contribution is -2.18. The van der Waals surface area contributed by atoms with E-state index in [4.69, 9.17) is 9.15 Å². The number of nitrogens with one attached hydrogen (secondary N) is 1. The van der Waals surface area contributed by atoms with Crippen LogP contribution in [-0.4, -0.2) is 17.2 Å². The lowest BCUT2D eigenvalue weighted by atomic mass is 10.2. The van der Waals surface area contributed by atoms with Crippen molar-refractivity contribution >= 4 is 0 Å². The van der Waals surface area contributed by atoms with Gasteiger partial charge >= 0.3 is 0 Å². The fourth-order valence-corrected chi connectivity index (χ4v) is 1.74. The number of benzene rings is 1. The first-order valence-electron chi connectivity index (χ1n) is 6.11. The van der Waals surface area contributed by atoms with Crippen LogP contribution in [0.25, 0.3) is 0 Å². The maximum atomic E-state index is 9.85. The van der Waals surface area contributed by atoms with Crippen LogP contribution in [-0.2, 0) is 6.54 Å². The quantitative estimate of drug-likeness (QED) is 0.866. The Morgan fingerprint density at radius 3 is 2.84 bits per heavy atom. The Morgan fingerprint density at radius 2 is 2.26 bits per heavy atom. The predicted octanol–water partition coefficient (Wildman–Crippen LogP) is 2.55. The van der Waals surface area contributed by atoms with Crippen LogP contribution >= 0.6 is 0 Å². The number of phenolic OH excluding ortho intramolecular Hbond substituents is 1. The summed E-state index contributed by atoms with van der Waals surface area (Å²) in [6.07, 6.45) is 1.69. The number of phenols is 1. The summed E-state index contributed by atoms with van der Waals surface area (Å²) in [6.45, 7) is 4.35. The number of aryl methyl sites for hydroxylation is 1. The van der Waals surface area contributed by atoms with E-state index in [1.165, 1.54) is 0 Å². The minimum Gasteiger partial charge on any atom is -0.507 e. The lowest BCUT2D eigenvalue weighted by Gasteiger charge is -2.12. The van der Waals surface area contributed by atoms with Gasteiger partial charge < -0.3 is 19.6 Å². The van der Waals surface area contributed by atoms with Gasteiger partial charge in [-0.05, 0) is 19.9 Å². The van der Waals surface area contributed by atoms with Crippen molar-refractivity contribution in [3.05, 3.63) is 41.6 Å². The van der Waals surface area contributed by atoms with Gasteiger partial charge in [-0.1, -0.05) is 6.07 Å². The van der Waals surface area contributed by atoms with Gasteiger partial charge in [-0.3, -0.25) is 0 Å². The average molecular weight is 262 g/mol. The van der Waals surface area contributed by atoms with Crippen molar-refractivity contribution in [1.82, 2.24) is 10.3 Å². The summed E-state index contributed by atoms with van der Waals surface area (Å²) in [5.74, 6) is 2.28. The van der Waals surface area contributed by atoms with E-state index in [0.717, 1.165) is 11.3 Å². The predicted molar refractivity (Wildman–Crippen MR) is 71.2 cm³/mol. The Hall–Kier alpha value is -2.01. The van der Waals surface area contributed by atoms with E-state index in [2.05, 4.69) is 10.3 Å². The minimum absolute atomic E-state index is 0.0183. The number of hydrogen-bond donors (Lipinski definition) is 2. The number of hydrogen-bond acceptors (Lipinski definition) is 5. The molecule has 2 N–H and O–H groups in total. The topological polar surface area (TPSA) is 67.5 Å². The molecule has 0 radical (unpaired) electrons. The molecule has 2 rings (SSSR count). The second-order valence-electron chi connectivity index (χ2n) is 4.41. The molecular weight excluding hydrogens is 244 g/mol. The lowest BCUT2D eigenvalue weighted by molar-refractivity contribution is 0.393. The number of aromatic hydroxyl groups is 1. The highest BCUT2D eigenvalue weighted by Crippen LogP contribution is 2.24. The van der Waals surface area contributed by atoms with Gasteiger partial charge in [0.15, 0.2) is 0 Å². The van der Waals surface area contributed by atoms with Crippen LogP contribution in [0.15, 0.2) is 28.8 Å². The van der Waals surface area contributed by atoms with Crippen LogP contribution < -0.4 is 10.1 Å². The second kappa shape index (κ2) is 5.75. The zero-order valence-electron chi connectivity index (χ0n) is 11.3. The molecule has 2 aromatic rings. The molecule has 1 atom stereocenters. The Labute approximate surface area is 112 Å². The third-order valence-corrected chi connectivity index (χ3v) is 2.90. The van der Waals surface area contributed by atoms with Crippen molar-refractivity contribution in [2.45, 2.75) is 26.4 Å². The van der Waals surface area contributed by atoms with Gasteiger partial charge in [0, 0.05) is 18.2 Å². The summed E-state index contributed by atoms with van der Waals surface area (Å²) in [6, 6.07) is 5.22. The highest BCUT2D eigenvalue weighted by atomic mass is 16.5. The van der Waals surface area contributed by atoms with Crippen LogP contribution in [0.4, 0.5) is 0 Å². The van der Waals surface area contributed by atoms with E-state index in [-0.39, 0.29) is 11.8 Å². The molecule has 0 saturated heterocycles. The molecule has 1 aromatic carbocycles. The summed E-state index contributed by atoms with van der Waals surface area (Å²) in [7, 11) is 1.57. The molecule has 5 nitrogen and oxygen atoms in total. The number of methoxy groups -OCH3 is 1. The molecular formula is C14H18N2O3. The normalized spacial score (nSPS) is 12.4. The fraction of sp³-hybridized carbons (Fsp3) is 0.357. The molecule has 1 unspecified atom stereocenters. The van der Waals surface area contributed by atoms with Crippen LogP contribution in [0.3, 0.4) is 0 Å². The van der Waals surface area contributed by atoms with E-state index < -0.39 is 0 Å². The highest BCUT2D eigenvalue weighted by molar-refractivity contribution is 5.39. The van der Waals surface area contributed by atoms with E-state index in [0.29, 0.717) is 18.2 Å². The highest BCUT2D eigenvalue weighted by Gasteiger charge is 2.11. The van der Waals surface area contributed by atoms with Gasteiger partial charge in [0.05, 0.1) is 19.3 Å². The van der Waals surface area contributed by atoms with E-state index in [1.54, 1.807) is 19.4 Å². The van der Waals surface area contributed by atoms with Crippen molar-refractivity contribution in [3.8, 4) is 11.5 Å². The standard InChI is InChI=1S/C14H18N2O3/c1-9-7-16-14(19-9)10(2)15-8-11-4-5-12(18-3)6-13(11)17/h4-7,10,15,17H,8H2,1-3H3. The SMILES string of the molecule is COc1ccc(CNC(C)c2ncc(C)o2)c(O)c1. The van der Waals surface area contributed by atoms with Crippen molar-refractivity contribution < 1.29 is 14.3 Å². The largest absolute Gasteiger partial charge is 0.507 e. The molecule has 0 fully saturated rings. The number of oxazole rings is 1. The molecule has 1 heterocycles. The van der Waals surface area contributed by atoms with Gasteiger partial charge in [-0.15, -0.1) is 0 Å². The first-order chi connectivity index (χ1) is 9.10. The zero-order chi connectivity index (χ0) is 13.8. The number of aromatic nitrogens is 1. The molecule has 1 aromatic heterocycles. The first-order valence-corrected chi connectivity index (χ1v) is 6.11. The molecule has 0 spiro atoms. The van der Waals surface area contributed by atoms with Crippen LogP contribution in [0.5, 0.6) is 11.5 Å². The first kappa shape index (κ1) is 13.4. The molecule has 0 amide bonds. The van der Waals surface area contributed by atoms with Crippen molar-refractivity contribution in [2.24, 2.45) is 0 Å². The summed E-state index contributed by atoms with van der Waals surface area (Å²) >= 11 is 0. The number of ether oxygens (including phenoxy) is 1. The number of rotatable bonds is 5. The van der Waals surface area contributed by atoms with Crippen molar-refractivity contribution in [3.63, 3.8) is 0 Å². The van der Waals surface area contributed by atoms with Crippen LogP contribution in [0, 0.1) is 6.92 Å². The molecule has 0 saturated carbocycles. The Kier molecular flexibility index (Phi) is 4.06. The Bertz CT molecular complexity index is 551. The van der Waals surface area contributed by atoms with E-state index in [1.807, 2.05) is 26.0 Å². The number of nitrogens with zero attached hydrogens (tertiary/aromatic N) is 1. The van der Waals surface area contributed by atoms with E-state index in [9.17, 15) is 5.11 Å². The Morgan fingerprint density at radius 1 is 1.47 bits per heavy atom. The molecule has 0 aliphatic rings. The molecule has 0 aliphatic heterocycles. The summed E-state index contributed by atoms with van der Waals surface area (Å²) in [5, 5.41) is 13.1. The minimum atomic E-state index is -0.0183. The summed E-state index contributed by atoms with van der Waals surface area (Å²) in [5.41, 5.74) is 0.802. The van der Waals surface area contributed by atoms with Gasteiger partial charge in [0.1, 0.15) is 17.3 Å². The van der Waals surface area contributed by atoms with Crippen LogP contribution in [0.1, 0.15) is 30.2 Å². The third-order valence-electron chi connectivity index (χ3n) is 2.90. The summed E-state index contributed by atoms with van der Waals surface area (Å²) < 4.78 is 10.5. The smallest absolute Gasteiger partial charge is 0.211 e. The molecule has 0 aliphatic carbocycles.